The van der Waals surface area contributed by atoms with Crippen LogP contribution in [-0.4, -0.2) is 36.6 Å². The lowest BCUT2D eigenvalue weighted by molar-refractivity contribution is 0.0734. The molecule has 0 radical (unpaired) electrons. The second-order valence-electron chi connectivity index (χ2n) is 5.94. The van der Waals surface area contributed by atoms with Gasteiger partial charge in [0.2, 0.25) is 0 Å². The minimum Gasteiger partial charge on any atom is -0.331 e. The molecule has 0 spiro atoms. The predicted octanol–water partition coefficient (Wildman–Crippen LogP) is 2.84. The third-order valence-electron chi connectivity index (χ3n) is 4.16. The Labute approximate surface area is 143 Å². The second-order valence-corrected chi connectivity index (χ2v) is 6.79. The average molecular weight is 339 g/mol. The van der Waals surface area contributed by atoms with Crippen LogP contribution in [-0.2, 0) is 6.54 Å². The summed E-state index contributed by atoms with van der Waals surface area (Å²) in [5.74, 6) is 0.0952. The van der Waals surface area contributed by atoms with E-state index >= 15 is 0 Å². The second kappa shape index (κ2) is 6.16. The Hall–Kier alpha value is -2.54. The number of amides is 1. The molecule has 3 aromatic rings. The molecule has 1 fully saturated rings. The number of aromatic nitrogens is 4. The lowest BCUT2D eigenvalue weighted by Gasteiger charge is -2.22. The van der Waals surface area contributed by atoms with Crippen LogP contribution in [0.25, 0.3) is 5.69 Å². The van der Waals surface area contributed by atoms with Crippen LogP contribution in [0.3, 0.4) is 0 Å². The molecule has 1 aliphatic carbocycles. The van der Waals surface area contributed by atoms with E-state index in [1.165, 1.54) is 17.7 Å². The molecule has 0 atom stereocenters. The number of nitrogens with zero attached hydrogens (tertiary/aromatic N) is 5. The third-order valence-corrected chi connectivity index (χ3v) is 5.08. The molecule has 0 unspecified atom stereocenters. The van der Waals surface area contributed by atoms with E-state index in [9.17, 15) is 4.79 Å². The Balaban J connectivity index is 1.53. The summed E-state index contributed by atoms with van der Waals surface area (Å²) in [6.07, 6.45) is 5.35. The molecule has 2 aromatic heterocycles. The quantitative estimate of drug-likeness (QED) is 0.717. The number of carbonyl (C=O) groups excluding carboxylic acids is 1. The van der Waals surface area contributed by atoms with Crippen molar-refractivity contribution in [3.63, 3.8) is 0 Å². The van der Waals surface area contributed by atoms with Gasteiger partial charge in [0, 0.05) is 12.6 Å². The van der Waals surface area contributed by atoms with Crippen LogP contribution < -0.4 is 0 Å². The van der Waals surface area contributed by atoms with E-state index in [4.69, 9.17) is 0 Å². The molecule has 122 valence electrons. The number of rotatable bonds is 5. The van der Waals surface area contributed by atoms with Crippen molar-refractivity contribution in [1.29, 1.82) is 0 Å². The summed E-state index contributed by atoms with van der Waals surface area (Å²) in [6.45, 7) is 2.51. The fourth-order valence-corrected chi connectivity index (χ4v) is 3.44. The van der Waals surface area contributed by atoms with E-state index in [0.717, 1.165) is 34.7 Å². The number of carbonyl (C=O) groups is 1. The van der Waals surface area contributed by atoms with E-state index < -0.39 is 0 Å². The van der Waals surface area contributed by atoms with Gasteiger partial charge in [0.05, 0.1) is 16.9 Å². The van der Waals surface area contributed by atoms with Crippen LogP contribution in [0.4, 0.5) is 0 Å². The number of aryl methyl sites for hydroxylation is 1. The molecular weight excluding hydrogens is 322 g/mol. The highest BCUT2D eigenvalue weighted by Gasteiger charge is 2.34. The van der Waals surface area contributed by atoms with E-state index in [1.807, 2.05) is 36.1 Å². The molecule has 0 saturated heterocycles. The predicted molar refractivity (Wildman–Crippen MR) is 91.1 cm³/mol. The highest BCUT2D eigenvalue weighted by molar-refractivity contribution is 7.11. The standard InChI is InChI=1S/C17H17N5OS/c1-12-16(24-11-19-12)17(23)21(14-6-7-14)8-13-2-4-15(5-3-13)22-10-18-9-20-22/h2-5,9-11,14H,6-8H2,1H3. The zero-order valence-electron chi connectivity index (χ0n) is 13.3. The van der Waals surface area contributed by atoms with Gasteiger partial charge in [-0.3, -0.25) is 4.79 Å². The molecule has 6 nitrogen and oxygen atoms in total. The Bertz CT molecular complexity index is 836. The zero-order chi connectivity index (χ0) is 16.5. The van der Waals surface area contributed by atoms with Crippen LogP contribution in [0.2, 0.25) is 0 Å². The van der Waals surface area contributed by atoms with Gasteiger partial charge in [-0.05, 0) is 37.5 Å². The van der Waals surface area contributed by atoms with Crippen LogP contribution in [0.5, 0.6) is 0 Å². The van der Waals surface area contributed by atoms with E-state index in [-0.39, 0.29) is 5.91 Å². The third kappa shape index (κ3) is 2.94. The molecule has 1 saturated carbocycles. The molecule has 0 aliphatic heterocycles. The van der Waals surface area contributed by atoms with E-state index in [0.29, 0.717) is 12.6 Å². The van der Waals surface area contributed by atoms with Crippen molar-refractivity contribution in [3.8, 4) is 5.69 Å². The Morgan fingerprint density at radius 1 is 1.33 bits per heavy atom. The first-order valence-corrected chi connectivity index (χ1v) is 8.75. The fourth-order valence-electron chi connectivity index (χ4n) is 2.68. The Morgan fingerprint density at radius 3 is 2.71 bits per heavy atom. The van der Waals surface area contributed by atoms with Gasteiger partial charge < -0.3 is 4.90 Å². The maximum absolute atomic E-state index is 12.8. The van der Waals surface area contributed by atoms with Gasteiger partial charge in [-0.15, -0.1) is 11.3 Å². The summed E-state index contributed by atoms with van der Waals surface area (Å²) in [5, 5.41) is 4.12. The van der Waals surface area contributed by atoms with Gasteiger partial charge in [-0.25, -0.2) is 14.6 Å². The first-order chi connectivity index (χ1) is 11.7. The van der Waals surface area contributed by atoms with Crippen LogP contribution in [0.15, 0.2) is 42.4 Å². The normalized spacial score (nSPS) is 13.9. The van der Waals surface area contributed by atoms with Crippen molar-refractivity contribution < 1.29 is 4.79 Å². The van der Waals surface area contributed by atoms with Gasteiger partial charge >= 0.3 is 0 Å². The van der Waals surface area contributed by atoms with E-state index in [2.05, 4.69) is 15.1 Å². The zero-order valence-corrected chi connectivity index (χ0v) is 14.1. The lowest BCUT2D eigenvalue weighted by atomic mass is 10.2. The molecule has 24 heavy (non-hydrogen) atoms. The number of hydrogen-bond donors (Lipinski definition) is 0. The SMILES string of the molecule is Cc1ncsc1C(=O)N(Cc1ccc(-n2cncn2)cc1)C1CC1. The largest absolute Gasteiger partial charge is 0.331 e. The number of thiazole rings is 1. The summed E-state index contributed by atoms with van der Waals surface area (Å²) < 4.78 is 1.72. The van der Waals surface area contributed by atoms with Gasteiger partial charge in [0.1, 0.15) is 17.5 Å². The van der Waals surface area contributed by atoms with E-state index in [1.54, 1.807) is 16.5 Å². The van der Waals surface area contributed by atoms with Gasteiger partial charge in [-0.1, -0.05) is 12.1 Å². The summed E-state index contributed by atoms with van der Waals surface area (Å²) in [5.41, 5.74) is 4.62. The first kappa shape index (κ1) is 15.0. The molecule has 1 aliphatic rings. The van der Waals surface area contributed by atoms with Crippen molar-refractivity contribution in [1.82, 2.24) is 24.6 Å². The smallest absolute Gasteiger partial charge is 0.266 e. The first-order valence-electron chi connectivity index (χ1n) is 7.87. The molecule has 7 heteroatoms. The summed E-state index contributed by atoms with van der Waals surface area (Å²) in [7, 11) is 0. The number of benzene rings is 1. The van der Waals surface area contributed by atoms with Crippen molar-refractivity contribution in [2.75, 3.05) is 0 Å². The van der Waals surface area contributed by atoms with Crippen LogP contribution in [0.1, 0.15) is 33.8 Å². The summed E-state index contributed by atoms with van der Waals surface area (Å²) in [6, 6.07) is 8.43. The summed E-state index contributed by atoms with van der Waals surface area (Å²) in [4.78, 5) is 23.7. The van der Waals surface area contributed by atoms with Crippen molar-refractivity contribution >= 4 is 17.2 Å². The minimum atomic E-state index is 0.0952. The molecule has 0 bridgehead atoms. The molecule has 1 amide bonds. The highest BCUT2D eigenvalue weighted by atomic mass is 32.1. The average Bonchev–Trinajstić information content (AvgIpc) is 3.10. The maximum atomic E-state index is 12.8. The van der Waals surface area contributed by atoms with Gasteiger partial charge in [-0.2, -0.15) is 5.10 Å². The van der Waals surface area contributed by atoms with Crippen molar-refractivity contribution in [2.24, 2.45) is 0 Å². The Morgan fingerprint density at radius 2 is 2.12 bits per heavy atom. The van der Waals surface area contributed by atoms with Crippen molar-refractivity contribution in [3.05, 3.63) is 58.6 Å². The molecule has 1 aromatic carbocycles. The molecule has 4 rings (SSSR count). The Kier molecular flexibility index (Phi) is 3.86. The molecule has 2 heterocycles. The van der Waals surface area contributed by atoms with Crippen LogP contribution >= 0.6 is 11.3 Å². The van der Waals surface area contributed by atoms with Gasteiger partial charge in [0.15, 0.2) is 0 Å². The maximum Gasteiger partial charge on any atom is 0.266 e. The molecule has 0 N–H and O–H groups in total. The lowest BCUT2D eigenvalue weighted by Crippen LogP contribution is -2.32. The van der Waals surface area contributed by atoms with Crippen LogP contribution in [0, 0.1) is 6.92 Å². The number of hydrogen-bond acceptors (Lipinski definition) is 5. The topological polar surface area (TPSA) is 63.9 Å². The fraction of sp³-hybridized carbons (Fsp3) is 0.294. The molecular formula is C17H17N5OS. The van der Waals surface area contributed by atoms with Crippen molar-refractivity contribution in [2.45, 2.75) is 32.4 Å². The van der Waals surface area contributed by atoms with Gasteiger partial charge in [0.25, 0.3) is 5.91 Å². The monoisotopic (exact) mass is 339 g/mol. The minimum absolute atomic E-state index is 0.0952. The highest BCUT2D eigenvalue weighted by Crippen LogP contribution is 2.31. The summed E-state index contributed by atoms with van der Waals surface area (Å²) >= 11 is 1.42.